The highest BCUT2D eigenvalue weighted by atomic mass is 32.2. The molecule has 0 radical (unpaired) electrons. The second kappa shape index (κ2) is 11.4. The van der Waals surface area contributed by atoms with Crippen molar-refractivity contribution in [2.24, 2.45) is 0 Å². The van der Waals surface area contributed by atoms with E-state index in [-0.39, 0.29) is 12.2 Å². The minimum absolute atomic E-state index is 0.167. The second-order valence-electron chi connectivity index (χ2n) is 7.51. The zero-order valence-electron chi connectivity index (χ0n) is 18.1. The van der Waals surface area contributed by atoms with Gasteiger partial charge in [0, 0.05) is 34.9 Å². The van der Waals surface area contributed by atoms with Crippen molar-refractivity contribution in [3.05, 3.63) is 58.9 Å². The first-order chi connectivity index (χ1) is 14.9. The normalized spacial score (nSPS) is 11.5. The minimum atomic E-state index is -0.759. The largest absolute Gasteiger partial charge is 0.481 e. The van der Waals surface area contributed by atoms with Crippen molar-refractivity contribution < 1.29 is 14.3 Å². The monoisotopic (exact) mass is 477 g/mol. The molecule has 0 aliphatic heterocycles. The van der Waals surface area contributed by atoms with E-state index in [0.29, 0.717) is 6.42 Å². The number of carboxylic acid groups (broad SMARTS) is 1. The Balaban J connectivity index is 1.59. The van der Waals surface area contributed by atoms with Crippen molar-refractivity contribution in [1.82, 2.24) is 4.31 Å². The Morgan fingerprint density at radius 1 is 1.16 bits per heavy atom. The third-order valence-corrected chi connectivity index (χ3v) is 8.68. The molecule has 1 aromatic heterocycles. The van der Waals surface area contributed by atoms with Gasteiger partial charge in [0.15, 0.2) is 0 Å². The highest BCUT2D eigenvalue weighted by Crippen LogP contribution is 2.39. The molecule has 166 valence electrons. The fraction of sp³-hybridized carbons (Fsp3) is 0.375. The van der Waals surface area contributed by atoms with Gasteiger partial charge in [-0.25, -0.2) is 8.70 Å². The van der Waals surface area contributed by atoms with Crippen LogP contribution in [0, 0.1) is 19.7 Å². The average Bonchev–Trinajstić information content (AvgIpc) is 3.02. The maximum absolute atomic E-state index is 13.6. The molecule has 3 aromatic rings. The van der Waals surface area contributed by atoms with Crippen LogP contribution in [0.2, 0.25) is 0 Å². The molecule has 3 nitrogen and oxygen atoms in total. The lowest BCUT2D eigenvalue weighted by molar-refractivity contribution is -0.136. The standard InChI is InChI=1S/C24H28FNO2S3/c1-4-11-26(31-24-17(3)21-15-19(25)7-9-22(21)30-24)12-13-29-20-8-5-18(16(2)14-20)6-10-23(27)28/h5,7-9,14-15H,4,6,10-13H2,1-3H3,(H,27,28). The van der Waals surface area contributed by atoms with E-state index in [4.69, 9.17) is 5.11 Å². The van der Waals surface area contributed by atoms with Crippen molar-refractivity contribution in [1.29, 1.82) is 0 Å². The maximum Gasteiger partial charge on any atom is 0.303 e. The van der Waals surface area contributed by atoms with Crippen molar-refractivity contribution in [3.8, 4) is 0 Å². The molecule has 0 atom stereocenters. The lowest BCUT2D eigenvalue weighted by atomic mass is 10.0. The van der Waals surface area contributed by atoms with Crippen LogP contribution in [0.4, 0.5) is 4.39 Å². The Hall–Kier alpha value is -1.54. The van der Waals surface area contributed by atoms with Gasteiger partial charge in [0.2, 0.25) is 0 Å². The smallest absolute Gasteiger partial charge is 0.303 e. The topological polar surface area (TPSA) is 40.5 Å². The zero-order chi connectivity index (χ0) is 22.4. The van der Waals surface area contributed by atoms with Gasteiger partial charge < -0.3 is 5.11 Å². The maximum atomic E-state index is 13.6. The molecule has 7 heteroatoms. The van der Waals surface area contributed by atoms with Gasteiger partial charge >= 0.3 is 5.97 Å². The number of nitrogens with zero attached hydrogens (tertiary/aromatic N) is 1. The number of aryl methyl sites for hydroxylation is 3. The van der Waals surface area contributed by atoms with Crippen LogP contribution in [0.3, 0.4) is 0 Å². The first kappa shape index (κ1) is 24.1. The fourth-order valence-corrected chi connectivity index (χ4v) is 7.05. The third-order valence-electron chi connectivity index (χ3n) is 5.07. The van der Waals surface area contributed by atoms with E-state index in [9.17, 15) is 9.18 Å². The predicted octanol–water partition coefficient (Wildman–Crippen LogP) is 7.19. The summed E-state index contributed by atoms with van der Waals surface area (Å²) in [6, 6.07) is 11.3. The lowest BCUT2D eigenvalue weighted by Gasteiger charge is -2.20. The van der Waals surface area contributed by atoms with Crippen LogP contribution >= 0.6 is 35.0 Å². The fourth-order valence-electron chi connectivity index (χ4n) is 3.37. The zero-order valence-corrected chi connectivity index (χ0v) is 20.6. The summed E-state index contributed by atoms with van der Waals surface area (Å²) in [5.74, 6) is 0.0286. The van der Waals surface area contributed by atoms with E-state index >= 15 is 0 Å². The second-order valence-corrected chi connectivity index (χ2v) is 11.1. The number of hydrogen-bond donors (Lipinski definition) is 1. The van der Waals surface area contributed by atoms with E-state index in [1.165, 1.54) is 15.2 Å². The Kier molecular flexibility index (Phi) is 8.84. The number of carbonyl (C=O) groups is 1. The molecule has 0 saturated carbocycles. The molecule has 1 heterocycles. The Bertz CT molecular complexity index is 1050. The summed E-state index contributed by atoms with van der Waals surface area (Å²) in [6.45, 7) is 8.26. The number of fused-ring (bicyclic) bond motifs is 1. The molecule has 0 amide bonds. The molecular weight excluding hydrogens is 449 g/mol. The molecule has 31 heavy (non-hydrogen) atoms. The number of thioether (sulfide) groups is 1. The summed E-state index contributed by atoms with van der Waals surface area (Å²) in [4.78, 5) is 12.0. The van der Waals surface area contributed by atoms with E-state index in [1.54, 1.807) is 29.4 Å². The van der Waals surface area contributed by atoms with Gasteiger partial charge in [-0.15, -0.1) is 23.1 Å². The Morgan fingerprint density at radius 3 is 2.68 bits per heavy atom. The van der Waals surface area contributed by atoms with Crippen LogP contribution in [0.5, 0.6) is 0 Å². The van der Waals surface area contributed by atoms with E-state index < -0.39 is 5.97 Å². The van der Waals surface area contributed by atoms with Crippen molar-refractivity contribution in [2.75, 3.05) is 18.8 Å². The van der Waals surface area contributed by atoms with Gasteiger partial charge in [-0.2, -0.15) is 0 Å². The molecule has 0 aliphatic rings. The van der Waals surface area contributed by atoms with Gasteiger partial charge in [0.05, 0.1) is 4.21 Å². The van der Waals surface area contributed by atoms with Gasteiger partial charge in [-0.05, 0) is 91.0 Å². The highest BCUT2D eigenvalue weighted by Gasteiger charge is 2.14. The number of aliphatic carboxylic acids is 1. The van der Waals surface area contributed by atoms with Gasteiger partial charge in [-0.3, -0.25) is 4.79 Å². The predicted molar refractivity (Wildman–Crippen MR) is 132 cm³/mol. The quantitative estimate of drug-likeness (QED) is 0.234. The van der Waals surface area contributed by atoms with E-state index in [1.807, 2.05) is 24.8 Å². The van der Waals surface area contributed by atoms with E-state index in [2.05, 4.69) is 36.4 Å². The summed E-state index contributed by atoms with van der Waals surface area (Å²) < 4.78 is 18.4. The summed E-state index contributed by atoms with van der Waals surface area (Å²) in [7, 11) is 0. The number of thiophene rings is 1. The van der Waals surface area contributed by atoms with Crippen molar-refractivity contribution in [2.45, 2.75) is 49.1 Å². The SMILES string of the molecule is CCCN(CCSc1ccc(CCC(=O)O)c(C)c1)Sc1sc2ccc(F)cc2c1C. The Labute approximate surface area is 196 Å². The van der Waals surface area contributed by atoms with Crippen molar-refractivity contribution in [3.63, 3.8) is 0 Å². The van der Waals surface area contributed by atoms with E-state index in [0.717, 1.165) is 52.0 Å². The summed E-state index contributed by atoms with van der Waals surface area (Å²) in [6.07, 6.45) is 1.82. The Morgan fingerprint density at radius 2 is 1.97 bits per heavy atom. The number of hydrogen-bond acceptors (Lipinski definition) is 5. The van der Waals surface area contributed by atoms with Crippen molar-refractivity contribution >= 4 is 51.1 Å². The summed E-state index contributed by atoms with van der Waals surface area (Å²) in [5.41, 5.74) is 3.41. The number of carboxylic acids is 1. The number of halogens is 1. The third kappa shape index (κ3) is 6.72. The minimum Gasteiger partial charge on any atom is -0.481 e. The van der Waals surface area contributed by atoms with Crippen LogP contribution in [0.25, 0.3) is 10.1 Å². The molecule has 0 spiro atoms. The van der Waals surface area contributed by atoms with Gasteiger partial charge in [-0.1, -0.05) is 13.0 Å². The average molecular weight is 478 g/mol. The van der Waals surface area contributed by atoms with Gasteiger partial charge in [0.25, 0.3) is 0 Å². The van der Waals surface area contributed by atoms with Crippen LogP contribution in [-0.2, 0) is 11.2 Å². The molecule has 3 rings (SSSR count). The first-order valence-corrected chi connectivity index (χ1v) is 13.0. The molecule has 0 aliphatic carbocycles. The number of rotatable bonds is 11. The first-order valence-electron chi connectivity index (χ1n) is 10.4. The molecule has 1 N–H and O–H groups in total. The van der Waals surface area contributed by atoms with Crippen LogP contribution < -0.4 is 0 Å². The van der Waals surface area contributed by atoms with Crippen LogP contribution in [0.15, 0.2) is 45.5 Å². The molecule has 0 unspecified atom stereocenters. The van der Waals surface area contributed by atoms with Crippen LogP contribution in [0.1, 0.15) is 36.5 Å². The molecular formula is C24H28FNO2S3. The van der Waals surface area contributed by atoms with Crippen LogP contribution in [-0.4, -0.2) is 34.2 Å². The number of benzene rings is 2. The molecule has 2 aromatic carbocycles. The molecule has 0 bridgehead atoms. The summed E-state index contributed by atoms with van der Waals surface area (Å²) >= 11 is 5.34. The van der Waals surface area contributed by atoms with Gasteiger partial charge in [0.1, 0.15) is 5.82 Å². The lowest BCUT2D eigenvalue weighted by Crippen LogP contribution is -2.19. The summed E-state index contributed by atoms with van der Waals surface area (Å²) in [5, 5.41) is 9.89. The highest BCUT2D eigenvalue weighted by molar-refractivity contribution is 8.00. The molecule has 0 saturated heterocycles. The molecule has 0 fully saturated rings.